The quantitative estimate of drug-likeness (QED) is 0.918. The molecule has 2 heterocycles. The summed E-state index contributed by atoms with van der Waals surface area (Å²) in [4.78, 5) is 22.1. The van der Waals surface area contributed by atoms with Gasteiger partial charge in [0, 0.05) is 18.8 Å². The predicted octanol–water partition coefficient (Wildman–Crippen LogP) is 2.64. The highest BCUT2D eigenvalue weighted by Gasteiger charge is 2.34. The summed E-state index contributed by atoms with van der Waals surface area (Å²) in [5, 5.41) is 9.05. The first-order chi connectivity index (χ1) is 9.66. The third-order valence-electron chi connectivity index (χ3n) is 4.70. The van der Waals surface area contributed by atoms with Crippen molar-refractivity contribution in [1.29, 1.82) is 0 Å². The van der Waals surface area contributed by atoms with Gasteiger partial charge in [-0.3, -0.25) is 0 Å². The summed E-state index contributed by atoms with van der Waals surface area (Å²) in [5.41, 5.74) is 0.755. The maximum atomic E-state index is 11.0. The molecule has 1 aliphatic carbocycles. The van der Waals surface area contributed by atoms with Gasteiger partial charge in [-0.2, -0.15) is 0 Å². The first-order valence-electron chi connectivity index (χ1n) is 7.50. The lowest BCUT2D eigenvalue weighted by molar-refractivity contribution is 0.0695. The van der Waals surface area contributed by atoms with Crippen molar-refractivity contribution in [2.45, 2.75) is 51.5 Å². The molecule has 1 aliphatic heterocycles. The lowest BCUT2D eigenvalue weighted by Crippen LogP contribution is -2.36. The first-order valence-corrected chi connectivity index (χ1v) is 7.50. The zero-order valence-corrected chi connectivity index (χ0v) is 11.9. The number of hydrogen-bond acceptors (Lipinski definition) is 4. The molecule has 1 saturated heterocycles. The molecule has 1 aromatic heterocycles. The van der Waals surface area contributed by atoms with Crippen molar-refractivity contribution in [2.75, 3.05) is 11.4 Å². The number of anilines is 1. The average molecular weight is 275 g/mol. The van der Waals surface area contributed by atoms with E-state index >= 15 is 0 Å². The van der Waals surface area contributed by atoms with Gasteiger partial charge in [-0.15, -0.1) is 0 Å². The van der Waals surface area contributed by atoms with Crippen LogP contribution in [-0.2, 0) is 0 Å². The SMILES string of the molecule is Cc1nc(N2CCCC2C2CCCC2)ncc1C(=O)O. The molecule has 0 bridgehead atoms. The minimum atomic E-state index is -0.956. The summed E-state index contributed by atoms with van der Waals surface area (Å²) in [7, 11) is 0. The number of aryl methyl sites for hydroxylation is 1. The topological polar surface area (TPSA) is 66.3 Å². The van der Waals surface area contributed by atoms with Gasteiger partial charge in [0.2, 0.25) is 5.95 Å². The molecule has 0 aromatic carbocycles. The number of carbonyl (C=O) groups is 1. The molecule has 5 heteroatoms. The van der Waals surface area contributed by atoms with Crippen LogP contribution in [0.3, 0.4) is 0 Å². The highest BCUT2D eigenvalue weighted by Crippen LogP contribution is 2.36. The molecule has 1 atom stereocenters. The van der Waals surface area contributed by atoms with Gasteiger partial charge in [0.15, 0.2) is 0 Å². The average Bonchev–Trinajstić information content (AvgIpc) is 3.09. The summed E-state index contributed by atoms with van der Waals surface area (Å²) in [6.45, 7) is 2.74. The molecule has 2 fully saturated rings. The fourth-order valence-corrected chi connectivity index (χ4v) is 3.68. The van der Waals surface area contributed by atoms with E-state index in [9.17, 15) is 4.79 Å². The Bertz CT molecular complexity index is 512. The maximum Gasteiger partial charge on any atom is 0.339 e. The molecule has 5 nitrogen and oxygen atoms in total. The number of nitrogens with zero attached hydrogens (tertiary/aromatic N) is 3. The Kier molecular flexibility index (Phi) is 3.59. The number of aromatic nitrogens is 2. The molecular weight excluding hydrogens is 254 g/mol. The molecule has 1 saturated carbocycles. The molecule has 0 radical (unpaired) electrons. The Morgan fingerprint density at radius 3 is 2.70 bits per heavy atom. The Labute approximate surface area is 119 Å². The van der Waals surface area contributed by atoms with E-state index in [0.29, 0.717) is 17.7 Å². The van der Waals surface area contributed by atoms with Gasteiger partial charge in [0.25, 0.3) is 0 Å². The monoisotopic (exact) mass is 275 g/mol. The standard InChI is InChI=1S/C15H21N3O2/c1-10-12(14(19)20)9-16-15(17-10)18-8-4-7-13(18)11-5-2-3-6-11/h9,11,13H,2-8H2,1H3,(H,19,20). The number of aromatic carboxylic acids is 1. The van der Waals surface area contributed by atoms with Crippen LogP contribution in [0.25, 0.3) is 0 Å². The number of carboxylic acid groups (broad SMARTS) is 1. The summed E-state index contributed by atoms with van der Waals surface area (Å²) < 4.78 is 0. The van der Waals surface area contributed by atoms with E-state index in [1.807, 2.05) is 0 Å². The van der Waals surface area contributed by atoms with E-state index in [0.717, 1.165) is 12.5 Å². The maximum absolute atomic E-state index is 11.0. The smallest absolute Gasteiger partial charge is 0.339 e. The van der Waals surface area contributed by atoms with Gasteiger partial charge in [-0.1, -0.05) is 12.8 Å². The Balaban J connectivity index is 1.84. The number of rotatable bonds is 3. The lowest BCUT2D eigenvalue weighted by atomic mass is 9.96. The summed E-state index contributed by atoms with van der Waals surface area (Å²) in [5.74, 6) is 0.519. The zero-order chi connectivity index (χ0) is 14.1. The Morgan fingerprint density at radius 1 is 1.30 bits per heavy atom. The molecule has 1 N–H and O–H groups in total. The van der Waals surface area contributed by atoms with Crippen LogP contribution in [0.15, 0.2) is 6.20 Å². The van der Waals surface area contributed by atoms with Gasteiger partial charge in [0.1, 0.15) is 0 Å². The van der Waals surface area contributed by atoms with Crippen molar-refractivity contribution in [2.24, 2.45) is 5.92 Å². The van der Waals surface area contributed by atoms with Crippen molar-refractivity contribution in [3.8, 4) is 0 Å². The van der Waals surface area contributed by atoms with Gasteiger partial charge >= 0.3 is 5.97 Å². The molecule has 0 spiro atoms. The second-order valence-electron chi connectivity index (χ2n) is 5.92. The van der Waals surface area contributed by atoms with Crippen LogP contribution in [0.4, 0.5) is 5.95 Å². The minimum absolute atomic E-state index is 0.199. The van der Waals surface area contributed by atoms with Crippen LogP contribution in [0.2, 0.25) is 0 Å². The van der Waals surface area contributed by atoms with Crippen LogP contribution in [0, 0.1) is 12.8 Å². The molecule has 1 unspecified atom stereocenters. The Morgan fingerprint density at radius 2 is 2.05 bits per heavy atom. The Hall–Kier alpha value is -1.65. The molecule has 2 aliphatic rings. The molecule has 0 amide bonds. The highest BCUT2D eigenvalue weighted by molar-refractivity contribution is 5.88. The van der Waals surface area contributed by atoms with Crippen LogP contribution >= 0.6 is 0 Å². The summed E-state index contributed by atoms with van der Waals surface area (Å²) in [6, 6.07) is 0.549. The van der Waals surface area contributed by atoms with Crippen LogP contribution in [0.5, 0.6) is 0 Å². The molecule has 3 rings (SSSR count). The van der Waals surface area contributed by atoms with Crippen LogP contribution < -0.4 is 4.90 Å². The van der Waals surface area contributed by atoms with Gasteiger partial charge in [-0.25, -0.2) is 14.8 Å². The second kappa shape index (κ2) is 5.38. The molecule has 1 aromatic rings. The van der Waals surface area contributed by atoms with Crippen LogP contribution in [-0.4, -0.2) is 33.6 Å². The predicted molar refractivity (Wildman–Crippen MR) is 76.1 cm³/mol. The van der Waals surface area contributed by atoms with Crippen LogP contribution in [0.1, 0.15) is 54.6 Å². The van der Waals surface area contributed by atoms with E-state index in [2.05, 4.69) is 14.9 Å². The normalized spacial score (nSPS) is 23.4. The van der Waals surface area contributed by atoms with Crippen molar-refractivity contribution < 1.29 is 9.90 Å². The first kappa shape index (κ1) is 13.3. The lowest BCUT2D eigenvalue weighted by Gasteiger charge is -2.29. The second-order valence-corrected chi connectivity index (χ2v) is 5.92. The largest absolute Gasteiger partial charge is 0.478 e. The fourth-order valence-electron chi connectivity index (χ4n) is 3.68. The summed E-state index contributed by atoms with van der Waals surface area (Å²) in [6.07, 6.45) is 9.16. The number of hydrogen-bond donors (Lipinski definition) is 1. The van der Waals surface area contributed by atoms with Crippen molar-refractivity contribution in [1.82, 2.24) is 9.97 Å². The van der Waals surface area contributed by atoms with Gasteiger partial charge in [0.05, 0.1) is 11.3 Å². The third kappa shape index (κ3) is 2.37. The van der Waals surface area contributed by atoms with Crippen molar-refractivity contribution >= 4 is 11.9 Å². The molecule has 20 heavy (non-hydrogen) atoms. The van der Waals surface area contributed by atoms with E-state index in [1.54, 1.807) is 6.92 Å². The van der Waals surface area contributed by atoms with E-state index in [-0.39, 0.29) is 5.56 Å². The number of carboxylic acids is 1. The molecule has 108 valence electrons. The van der Waals surface area contributed by atoms with E-state index in [1.165, 1.54) is 44.7 Å². The van der Waals surface area contributed by atoms with E-state index in [4.69, 9.17) is 5.11 Å². The van der Waals surface area contributed by atoms with Crippen molar-refractivity contribution in [3.63, 3.8) is 0 Å². The molecular formula is C15H21N3O2. The van der Waals surface area contributed by atoms with Crippen molar-refractivity contribution in [3.05, 3.63) is 17.5 Å². The zero-order valence-electron chi connectivity index (χ0n) is 11.9. The van der Waals surface area contributed by atoms with Gasteiger partial charge in [-0.05, 0) is 38.5 Å². The fraction of sp³-hybridized carbons (Fsp3) is 0.667. The summed E-state index contributed by atoms with van der Waals surface area (Å²) >= 11 is 0. The minimum Gasteiger partial charge on any atom is -0.478 e. The highest BCUT2D eigenvalue weighted by atomic mass is 16.4. The van der Waals surface area contributed by atoms with Gasteiger partial charge < -0.3 is 10.0 Å². The van der Waals surface area contributed by atoms with E-state index < -0.39 is 5.97 Å². The third-order valence-corrected chi connectivity index (χ3v) is 4.70.